The first-order valence-electron chi connectivity index (χ1n) is 8.32. The lowest BCUT2D eigenvalue weighted by Gasteiger charge is -2.36. The fraction of sp³-hybridized carbons (Fsp3) is 0.444. The van der Waals surface area contributed by atoms with E-state index in [1.807, 2.05) is 19.1 Å². The molecule has 2 heterocycles. The number of amides is 2. The molecule has 3 rings (SSSR count). The number of hydrogen-bond acceptors (Lipinski definition) is 6. The Morgan fingerprint density at radius 2 is 2.12 bits per heavy atom. The second kappa shape index (κ2) is 6.97. The zero-order valence-electron chi connectivity index (χ0n) is 14.9. The predicted molar refractivity (Wildman–Crippen MR) is 93.9 cm³/mol. The van der Waals surface area contributed by atoms with Gasteiger partial charge in [0.05, 0.1) is 19.8 Å². The fourth-order valence-corrected chi connectivity index (χ4v) is 3.41. The van der Waals surface area contributed by atoms with E-state index in [2.05, 4.69) is 10.6 Å². The van der Waals surface area contributed by atoms with Gasteiger partial charge in [-0.3, -0.25) is 9.59 Å². The van der Waals surface area contributed by atoms with E-state index >= 15 is 0 Å². The van der Waals surface area contributed by atoms with Crippen molar-refractivity contribution in [3.8, 4) is 5.75 Å². The zero-order chi connectivity index (χ0) is 18.9. The first kappa shape index (κ1) is 18.2. The molecule has 4 N–H and O–H groups in total. The number of rotatable bonds is 6. The van der Waals surface area contributed by atoms with Crippen molar-refractivity contribution in [3.63, 3.8) is 0 Å². The van der Waals surface area contributed by atoms with Crippen molar-refractivity contribution in [1.29, 1.82) is 0 Å². The normalized spacial score (nSPS) is 29.7. The number of primary amides is 1. The third kappa shape index (κ3) is 2.91. The third-order valence-electron chi connectivity index (χ3n) is 4.97. The molecule has 0 saturated carbocycles. The molecular weight excluding hydrogens is 338 g/mol. The molecule has 1 saturated heterocycles. The van der Waals surface area contributed by atoms with E-state index in [0.29, 0.717) is 11.3 Å². The Morgan fingerprint density at radius 3 is 2.73 bits per heavy atom. The highest BCUT2D eigenvalue weighted by Gasteiger charge is 2.46. The van der Waals surface area contributed by atoms with Crippen LogP contribution in [0.5, 0.6) is 5.75 Å². The minimum atomic E-state index is -1.55. The van der Waals surface area contributed by atoms with Crippen molar-refractivity contribution < 1.29 is 23.8 Å². The Labute approximate surface area is 151 Å². The maximum atomic E-state index is 12.4. The summed E-state index contributed by atoms with van der Waals surface area (Å²) in [6, 6.07) is 5.03. The number of carbonyl (C=O) groups excluding carboxylic acids is 2. The van der Waals surface area contributed by atoms with E-state index < -0.39 is 17.7 Å². The van der Waals surface area contributed by atoms with Gasteiger partial charge in [0.1, 0.15) is 11.9 Å². The van der Waals surface area contributed by atoms with Crippen molar-refractivity contribution >= 4 is 17.9 Å². The maximum absolute atomic E-state index is 12.4. The largest absolute Gasteiger partial charge is 0.497 e. The molecule has 1 unspecified atom stereocenters. The first-order chi connectivity index (χ1) is 12.4. The van der Waals surface area contributed by atoms with Crippen molar-refractivity contribution in [1.82, 2.24) is 10.6 Å². The average molecular weight is 361 g/mol. The summed E-state index contributed by atoms with van der Waals surface area (Å²) < 4.78 is 16.5. The number of carbonyl (C=O) groups is 2. The molecule has 0 spiro atoms. The van der Waals surface area contributed by atoms with Crippen LogP contribution >= 0.6 is 0 Å². The highest BCUT2D eigenvalue weighted by molar-refractivity contribution is 5.87. The van der Waals surface area contributed by atoms with Crippen LogP contribution in [0.2, 0.25) is 0 Å². The van der Waals surface area contributed by atoms with E-state index in [-0.39, 0.29) is 24.5 Å². The van der Waals surface area contributed by atoms with Crippen molar-refractivity contribution in [3.05, 3.63) is 35.5 Å². The minimum absolute atomic E-state index is 0.0905. The lowest BCUT2D eigenvalue weighted by molar-refractivity contribution is -0.151. The standard InChI is InChI=1S/C18H23N3O5/c1-10-14(21-16(22)15(10)25-3)9-26-18(17(19)23)13-8-12(24-2)5-4-11(13)6-7-20-18/h4-8,10,14-15,20H,9H2,1-3H3,(H2,19,23)(H,21,22)/t10-,14+,15+,18?/m0/s1. The second-order valence-electron chi connectivity index (χ2n) is 6.42. The van der Waals surface area contributed by atoms with E-state index in [0.717, 1.165) is 5.56 Å². The molecule has 2 aliphatic heterocycles. The third-order valence-corrected chi connectivity index (χ3v) is 4.97. The summed E-state index contributed by atoms with van der Waals surface area (Å²) in [4.78, 5) is 24.3. The number of benzene rings is 1. The summed E-state index contributed by atoms with van der Waals surface area (Å²) >= 11 is 0. The van der Waals surface area contributed by atoms with E-state index in [4.69, 9.17) is 19.9 Å². The molecule has 1 aromatic carbocycles. The highest BCUT2D eigenvalue weighted by atomic mass is 16.5. The quantitative estimate of drug-likeness (QED) is 0.661. The molecule has 1 aromatic rings. The summed E-state index contributed by atoms with van der Waals surface area (Å²) in [5.41, 5.74) is 5.50. The number of hydrogen-bond donors (Lipinski definition) is 3. The van der Waals surface area contributed by atoms with Gasteiger partial charge in [-0.1, -0.05) is 13.0 Å². The van der Waals surface area contributed by atoms with Gasteiger partial charge in [-0.2, -0.15) is 0 Å². The number of nitrogens with one attached hydrogen (secondary N) is 2. The van der Waals surface area contributed by atoms with Crippen LogP contribution in [0, 0.1) is 5.92 Å². The SMILES string of the molecule is COc1ccc2c(c1)C(OC[C@H]1NC(=O)[C@H](OC)[C@H]1C)(C(N)=O)NC=C2. The fourth-order valence-electron chi connectivity index (χ4n) is 3.41. The summed E-state index contributed by atoms with van der Waals surface area (Å²) in [7, 11) is 3.03. The van der Waals surface area contributed by atoms with Gasteiger partial charge < -0.3 is 30.6 Å². The molecule has 2 amide bonds. The van der Waals surface area contributed by atoms with Gasteiger partial charge in [0, 0.05) is 24.8 Å². The van der Waals surface area contributed by atoms with E-state index in [9.17, 15) is 9.59 Å². The lowest BCUT2D eigenvalue weighted by Crippen LogP contribution is -2.55. The van der Waals surface area contributed by atoms with Crippen molar-refractivity contribution in [2.24, 2.45) is 11.7 Å². The van der Waals surface area contributed by atoms with Crippen LogP contribution in [0.4, 0.5) is 0 Å². The molecule has 8 heteroatoms. The van der Waals surface area contributed by atoms with E-state index in [1.165, 1.54) is 7.11 Å². The first-order valence-corrected chi connectivity index (χ1v) is 8.32. The van der Waals surface area contributed by atoms with Gasteiger partial charge in [-0.15, -0.1) is 0 Å². The molecule has 26 heavy (non-hydrogen) atoms. The van der Waals surface area contributed by atoms with Gasteiger partial charge in [0.25, 0.3) is 5.91 Å². The maximum Gasteiger partial charge on any atom is 0.275 e. The van der Waals surface area contributed by atoms with Gasteiger partial charge in [0.15, 0.2) is 0 Å². The van der Waals surface area contributed by atoms with Crippen LogP contribution in [0.15, 0.2) is 24.4 Å². The number of nitrogens with two attached hydrogens (primary N) is 1. The molecule has 0 radical (unpaired) electrons. The molecule has 0 aliphatic carbocycles. The van der Waals surface area contributed by atoms with Gasteiger partial charge in [-0.05, 0) is 23.8 Å². The Bertz CT molecular complexity index is 750. The topological polar surface area (TPSA) is 112 Å². The van der Waals surface area contributed by atoms with Crippen LogP contribution in [-0.4, -0.2) is 44.8 Å². The Morgan fingerprint density at radius 1 is 1.35 bits per heavy atom. The van der Waals surface area contributed by atoms with Crippen LogP contribution in [0.3, 0.4) is 0 Å². The highest BCUT2D eigenvalue weighted by Crippen LogP contribution is 2.34. The molecule has 0 aromatic heterocycles. The second-order valence-corrected chi connectivity index (χ2v) is 6.42. The van der Waals surface area contributed by atoms with Crippen LogP contribution in [-0.2, 0) is 24.8 Å². The smallest absolute Gasteiger partial charge is 0.275 e. The molecule has 1 fully saturated rings. The van der Waals surface area contributed by atoms with Crippen LogP contribution < -0.4 is 21.1 Å². The predicted octanol–water partition coefficient (Wildman–Crippen LogP) is 0.0733. The zero-order valence-corrected chi connectivity index (χ0v) is 14.9. The molecule has 4 atom stereocenters. The Hall–Kier alpha value is -2.58. The average Bonchev–Trinajstić information content (AvgIpc) is 2.92. The lowest BCUT2D eigenvalue weighted by atomic mass is 9.93. The summed E-state index contributed by atoms with van der Waals surface area (Å²) in [6.45, 7) is 1.98. The van der Waals surface area contributed by atoms with Gasteiger partial charge in [0.2, 0.25) is 11.6 Å². The Kier molecular flexibility index (Phi) is 4.88. The number of ether oxygens (including phenoxy) is 3. The van der Waals surface area contributed by atoms with Crippen LogP contribution in [0.1, 0.15) is 18.1 Å². The molecule has 140 valence electrons. The molecule has 0 bridgehead atoms. The summed E-state index contributed by atoms with van der Waals surface area (Å²) in [6.07, 6.45) is 2.90. The molecule has 2 aliphatic rings. The molecular formula is C18H23N3O5. The minimum Gasteiger partial charge on any atom is -0.497 e. The molecule has 8 nitrogen and oxygen atoms in total. The number of methoxy groups -OCH3 is 2. The van der Waals surface area contributed by atoms with Gasteiger partial charge >= 0.3 is 0 Å². The summed E-state index contributed by atoms with van der Waals surface area (Å²) in [5.74, 6) is -0.407. The van der Waals surface area contributed by atoms with Crippen molar-refractivity contribution in [2.75, 3.05) is 20.8 Å². The van der Waals surface area contributed by atoms with Gasteiger partial charge in [-0.25, -0.2) is 0 Å². The van der Waals surface area contributed by atoms with Crippen molar-refractivity contribution in [2.45, 2.75) is 24.8 Å². The monoisotopic (exact) mass is 361 g/mol. The number of fused-ring (bicyclic) bond motifs is 1. The summed E-state index contributed by atoms with van der Waals surface area (Å²) in [5, 5.41) is 5.77. The van der Waals surface area contributed by atoms with Crippen LogP contribution in [0.25, 0.3) is 6.08 Å². The Balaban J connectivity index is 1.88. The van der Waals surface area contributed by atoms with E-state index in [1.54, 1.807) is 25.4 Å².